The quantitative estimate of drug-likeness (QED) is 0.731. The highest BCUT2D eigenvalue weighted by Crippen LogP contribution is 1.98. The van der Waals surface area contributed by atoms with Gasteiger partial charge in [0.25, 0.3) is 0 Å². The Balaban J connectivity index is 2.34. The lowest BCUT2D eigenvalue weighted by atomic mass is 10.1. The van der Waals surface area contributed by atoms with E-state index in [1.165, 1.54) is 0 Å². The van der Waals surface area contributed by atoms with Gasteiger partial charge in [-0.05, 0) is 12.5 Å². The molecule has 0 aliphatic heterocycles. The van der Waals surface area contributed by atoms with Gasteiger partial charge in [0, 0.05) is 25.4 Å². The maximum absolute atomic E-state index is 11.5. The molecule has 1 amide bonds. The van der Waals surface area contributed by atoms with Gasteiger partial charge in [0.1, 0.15) is 6.04 Å². The SMILES string of the molecule is CCC[C@@H](NC(=O)CCn1cccn1)C(=O)O. The Morgan fingerprint density at radius 2 is 2.29 bits per heavy atom. The van der Waals surface area contributed by atoms with Crippen LogP contribution in [-0.2, 0) is 16.1 Å². The number of nitrogens with zero attached hydrogens (tertiary/aromatic N) is 2. The Morgan fingerprint density at radius 1 is 1.53 bits per heavy atom. The van der Waals surface area contributed by atoms with Crippen LogP contribution in [0.25, 0.3) is 0 Å². The van der Waals surface area contributed by atoms with Crippen LogP contribution in [0, 0.1) is 0 Å². The zero-order chi connectivity index (χ0) is 12.7. The molecule has 0 unspecified atom stereocenters. The smallest absolute Gasteiger partial charge is 0.326 e. The number of carbonyl (C=O) groups excluding carboxylic acids is 1. The van der Waals surface area contributed by atoms with Crippen LogP contribution in [0.3, 0.4) is 0 Å². The van der Waals surface area contributed by atoms with Gasteiger partial charge in [-0.25, -0.2) is 4.79 Å². The van der Waals surface area contributed by atoms with Crippen molar-refractivity contribution in [3.63, 3.8) is 0 Å². The van der Waals surface area contributed by atoms with Gasteiger partial charge < -0.3 is 10.4 Å². The molecule has 2 N–H and O–H groups in total. The minimum Gasteiger partial charge on any atom is -0.480 e. The summed E-state index contributed by atoms with van der Waals surface area (Å²) in [5.74, 6) is -1.25. The first-order chi connectivity index (χ1) is 8.13. The molecule has 1 heterocycles. The maximum Gasteiger partial charge on any atom is 0.326 e. The van der Waals surface area contributed by atoms with Gasteiger partial charge in [-0.2, -0.15) is 5.10 Å². The number of aromatic nitrogens is 2. The van der Waals surface area contributed by atoms with Crippen LogP contribution >= 0.6 is 0 Å². The molecule has 0 saturated carbocycles. The summed E-state index contributed by atoms with van der Waals surface area (Å²) < 4.78 is 1.63. The molecule has 6 heteroatoms. The van der Waals surface area contributed by atoms with Crippen LogP contribution in [0.5, 0.6) is 0 Å². The normalized spacial score (nSPS) is 12.1. The minimum absolute atomic E-state index is 0.231. The summed E-state index contributed by atoms with van der Waals surface area (Å²) in [7, 11) is 0. The van der Waals surface area contributed by atoms with E-state index in [0.29, 0.717) is 13.0 Å². The van der Waals surface area contributed by atoms with Crippen molar-refractivity contribution in [2.24, 2.45) is 0 Å². The van der Waals surface area contributed by atoms with Gasteiger partial charge >= 0.3 is 5.97 Å². The molecule has 0 bridgehead atoms. The minimum atomic E-state index is -0.987. The van der Waals surface area contributed by atoms with Gasteiger partial charge in [-0.3, -0.25) is 9.48 Å². The summed E-state index contributed by atoms with van der Waals surface area (Å²) in [5.41, 5.74) is 0. The molecule has 0 aliphatic rings. The molecule has 0 aliphatic carbocycles. The van der Waals surface area contributed by atoms with Crippen molar-refractivity contribution in [1.29, 1.82) is 0 Å². The Kier molecular flexibility index (Phi) is 5.19. The number of aryl methyl sites for hydroxylation is 1. The lowest BCUT2D eigenvalue weighted by Crippen LogP contribution is -2.40. The second-order valence-electron chi connectivity index (χ2n) is 3.77. The topological polar surface area (TPSA) is 84.2 Å². The summed E-state index contributed by atoms with van der Waals surface area (Å²) in [4.78, 5) is 22.3. The highest BCUT2D eigenvalue weighted by Gasteiger charge is 2.18. The third-order valence-corrected chi connectivity index (χ3v) is 2.34. The number of carboxylic acid groups (broad SMARTS) is 1. The highest BCUT2D eigenvalue weighted by atomic mass is 16.4. The van der Waals surface area contributed by atoms with Crippen LogP contribution in [0.1, 0.15) is 26.2 Å². The summed E-state index contributed by atoms with van der Waals surface area (Å²) in [5, 5.41) is 15.3. The first-order valence-electron chi connectivity index (χ1n) is 5.63. The van der Waals surface area contributed by atoms with Crippen molar-refractivity contribution in [1.82, 2.24) is 15.1 Å². The molecule has 1 aromatic heterocycles. The molecule has 17 heavy (non-hydrogen) atoms. The average Bonchev–Trinajstić information content (AvgIpc) is 2.78. The highest BCUT2D eigenvalue weighted by molar-refractivity contribution is 5.83. The van der Waals surface area contributed by atoms with Gasteiger partial charge in [0.15, 0.2) is 0 Å². The van der Waals surface area contributed by atoms with Crippen molar-refractivity contribution in [3.8, 4) is 0 Å². The van der Waals surface area contributed by atoms with E-state index < -0.39 is 12.0 Å². The summed E-state index contributed by atoms with van der Waals surface area (Å²) in [6.07, 6.45) is 4.79. The average molecular weight is 239 g/mol. The number of hydrogen-bond acceptors (Lipinski definition) is 3. The second-order valence-corrected chi connectivity index (χ2v) is 3.77. The molecule has 0 fully saturated rings. The molecule has 0 aromatic carbocycles. The molecular weight excluding hydrogens is 222 g/mol. The number of hydrogen-bond donors (Lipinski definition) is 2. The Bertz CT molecular complexity index is 362. The van der Waals surface area contributed by atoms with Crippen LogP contribution in [-0.4, -0.2) is 32.8 Å². The third-order valence-electron chi connectivity index (χ3n) is 2.34. The van der Waals surface area contributed by atoms with E-state index in [0.717, 1.165) is 6.42 Å². The second kappa shape index (κ2) is 6.67. The predicted molar refractivity (Wildman–Crippen MR) is 61.3 cm³/mol. The maximum atomic E-state index is 11.5. The molecule has 0 radical (unpaired) electrons. The molecule has 1 atom stereocenters. The van der Waals surface area contributed by atoms with Crippen molar-refractivity contribution < 1.29 is 14.7 Å². The van der Waals surface area contributed by atoms with Crippen LogP contribution < -0.4 is 5.32 Å². The van der Waals surface area contributed by atoms with E-state index in [2.05, 4.69) is 10.4 Å². The van der Waals surface area contributed by atoms with Crippen molar-refractivity contribution in [2.75, 3.05) is 0 Å². The fourth-order valence-electron chi connectivity index (χ4n) is 1.46. The number of rotatable bonds is 7. The zero-order valence-corrected chi connectivity index (χ0v) is 9.80. The van der Waals surface area contributed by atoms with Crippen LogP contribution in [0.2, 0.25) is 0 Å². The lowest BCUT2D eigenvalue weighted by molar-refractivity contribution is -0.142. The van der Waals surface area contributed by atoms with Crippen molar-refractivity contribution in [3.05, 3.63) is 18.5 Å². The largest absolute Gasteiger partial charge is 0.480 e. The standard InChI is InChI=1S/C11H17N3O3/c1-2-4-9(11(16)17)13-10(15)5-8-14-7-3-6-12-14/h3,6-7,9H,2,4-5,8H2,1H3,(H,13,15)(H,16,17)/t9-/m1/s1. The summed E-state index contributed by atoms with van der Waals surface area (Å²) in [6.45, 7) is 2.34. The Hall–Kier alpha value is -1.85. The van der Waals surface area contributed by atoms with Gasteiger partial charge in [0.05, 0.1) is 0 Å². The molecule has 1 aromatic rings. The number of aliphatic carboxylic acids is 1. The fraction of sp³-hybridized carbons (Fsp3) is 0.545. The molecule has 0 spiro atoms. The molecule has 1 rings (SSSR count). The predicted octanol–water partition coefficient (Wildman–Crippen LogP) is 0.643. The number of carbonyl (C=O) groups is 2. The number of amides is 1. The third kappa shape index (κ3) is 4.67. The van der Waals surface area contributed by atoms with E-state index in [9.17, 15) is 9.59 Å². The molecule has 0 saturated heterocycles. The Labute approximate surface area is 99.6 Å². The Morgan fingerprint density at radius 3 is 2.82 bits per heavy atom. The molecule has 6 nitrogen and oxygen atoms in total. The van der Waals surface area contributed by atoms with E-state index in [-0.39, 0.29) is 12.3 Å². The van der Waals surface area contributed by atoms with Crippen molar-refractivity contribution >= 4 is 11.9 Å². The van der Waals surface area contributed by atoms with Gasteiger partial charge in [-0.15, -0.1) is 0 Å². The first kappa shape index (κ1) is 13.2. The van der Waals surface area contributed by atoms with Crippen molar-refractivity contribution in [2.45, 2.75) is 38.8 Å². The fourth-order valence-corrected chi connectivity index (χ4v) is 1.46. The van der Waals surface area contributed by atoms with E-state index in [1.54, 1.807) is 23.1 Å². The summed E-state index contributed by atoms with van der Waals surface area (Å²) >= 11 is 0. The van der Waals surface area contributed by atoms with Crippen LogP contribution in [0.4, 0.5) is 0 Å². The molecule has 94 valence electrons. The van der Waals surface area contributed by atoms with Gasteiger partial charge in [0.2, 0.25) is 5.91 Å². The number of carboxylic acids is 1. The number of nitrogens with one attached hydrogen (secondary N) is 1. The van der Waals surface area contributed by atoms with Gasteiger partial charge in [-0.1, -0.05) is 13.3 Å². The lowest BCUT2D eigenvalue weighted by Gasteiger charge is -2.13. The van der Waals surface area contributed by atoms with E-state index >= 15 is 0 Å². The zero-order valence-electron chi connectivity index (χ0n) is 9.80. The van der Waals surface area contributed by atoms with Crippen LogP contribution in [0.15, 0.2) is 18.5 Å². The monoisotopic (exact) mass is 239 g/mol. The first-order valence-corrected chi connectivity index (χ1v) is 5.63. The van der Waals surface area contributed by atoms with E-state index in [1.807, 2.05) is 6.92 Å². The van der Waals surface area contributed by atoms with E-state index in [4.69, 9.17) is 5.11 Å². The molecular formula is C11H17N3O3. The summed E-state index contributed by atoms with van der Waals surface area (Å²) in [6, 6.07) is 0.986.